The summed E-state index contributed by atoms with van der Waals surface area (Å²) >= 11 is 0. The Labute approximate surface area is 159 Å². The predicted molar refractivity (Wildman–Crippen MR) is 103 cm³/mol. The number of benzene rings is 1. The average Bonchev–Trinajstić information content (AvgIpc) is 2.89. The fourth-order valence-corrected chi connectivity index (χ4v) is 3.42. The summed E-state index contributed by atoms with van der Waals surface area (Å²) in [4.78, 5) is 27.3. The second-order valence-corrected chi connectivity index (χ2v) is 7.22. The summed E-state index contributed by atoms with van der Waals surface area (Å²) in [6.07, 6.45) is 0. The van der Waals surface area contributed by atoms with E-state index in [0.29, 0.717) is 18.0 Å². The number of nitrogens with one attached hydrogen (secondary N) is 1. The molecule has 0 saturated carbocycles. The number of anilines is 1. The number of carbonyl (C=O) groups excluding carboxylic acids is 2. The Morgan fingerprint density at radius 3 is 2.67 bits per heavy atom. The Morgan fingerprint density at radius 1 is 1.33 bits per heavy atom. The molecule has 2 heterocycles. The molecule has 144 valence electrons. The molecule has 3 rings (SSSR count). The zero-order chi connectivity index (χ0) is 19.9. The van der Waals surface area contributed by atoms with Gasteiger partial charge >= 0.3 is 0 Å². The van der Waals surface area contributed by atoms with Crippen LogP contribution in [0.1, 0.15) is 36.4 Å². The van der Waals surface area contributed by atoms with Gasteiger partial charge in [0.15, 0.2) is 0 Å². The number of fused-ring (bicyclic) bond motifs is 1. The Morgan fingerprint density at radius 2 is 2.04 bits per heavy atom. The smallest absolute Gasteiger partial charge is 0.278 e. The highest BCUT2D eigenvalue weighted by molar-refractivity contribution is 6.15. The van der Waals surface area contributed by atoms with Gasteiger partial charge in [0.05, 0.1) is 11.4 Å². The number of carbonyl (C=O) groups is 2. The monoisotopic (exact) mass is 370 g/mol. The Balaban J connectivity index is 1.85. The molecule has 0 bridgehead atoms. The Bertz CT molecular complexity index is 918. The Hall–Kier alpha value is -2.83. The molecule has 1 N–H and O–H groups in total. The highest BCUT2D eigenvalue weighted by Crippen LogP contribution is 2.35. The molecule has 7 heteroatoms. The van der Waals surface area contributed by atoms with E-state index in [1.54, 1.807) is 13.1 Å². The first kappa shape index (κ1) is 18.9. The minimum Gasteiger partial charge on any atom is -0.466 e. The van der Waals surface area contributed by atoms with Crippen LogP contribution in [0.5, 0.6) is 5.75 Å². The van der Waals surface area contributed by atoms with Crippen LogP contribution in [0.25, 0.3) is 0 Å². The van der Waals surface area contributed by atoms with Crippen molar-refractivity contribution < 1.29 is 14.3 Å². The van der Waals surface area contributed by atoms with Gasteiger partial charge in [0, 0.05) is 31.4 Å². The fourth-order valence-electron chi connectivity index (χ4n) is 3.42. The van der Waals surface area contributed by atoms with Crippen molar-refractivity contribution in [1.82, 2.24) is 14.7 Å². The molecule has 0 fully saturated rings. The number of likely N-dealkylation sites (N-methyl/N-ethyl adjacent to an activating group) is 1. The minimum atomic E-state index is -1.61. The number of aromatic nitrogens is 2. The van der Waals surface area contributed by atoms with Crippen LogP contribution in [0.3, 0.4) is 0 Å². The van der Waals surface area contributed by atoms with Gasteiger partial charge in [0.1, 0.15) is 5.75 Å². The van der Waals surface area contributed by atoms with E-state index in [9.17, 15) is 9.59 Å². The molecule has 2 aromatic rings. The second-order valence-electron chi connectivity index (χ2n) is 7.22. The lowest BCUT2D eigenvalue weighted by molar-refractivity contribution is -0.154. The van der Waals surface area contributed by atoms with Gasteiger partial charge in [-0.15, -0.1) is 0 Å². The van der Waals surface area contributed by atoms with Crippen LogP contribution < -0.4 is 10.1 Å². The second kappa shape index (κ2) is 6.72. The van der Waals surface area contributed by atoms with Gasteiger partial charge in [0.25, 0.3) is 17.4 Å². The molecular formula is C20H26N4O3. The molecule has 27 heavy (non-hydrogen) atoms. The van der Waals surface area contributed by atoms with E-state index < -0.39 is 17.4 Å². The molecule has 1 unspecified atom stereocenters. The van der Waals surface area contributed by atoms with Crippen molar-refractivity contribution in [3.8, 4) is 5.75 Å². The first-order valence-electron chi connectivity index (χ1n) is 9.07. The van der Waals surface area contributed by atoms with Crippen molar-refractivity contribution in [3.63, 3.8) is 0 Å². The fraction of sp³-hybridized carbons (Fsp3) is 0.450. The molecule has 1 aromatic carbocycles. The van der Waals surface area contributed by atoms with Crippen LogP contribution in [0, 0.1) is 20.8 Å². The first-order valence-corrected chi connectivity index (χ1v) is 9.07. The molecule has 0 saturated heterocycles. The lowest BCUT2D eigenvalue weighted by Gasteiger charge is -2.36. The molecule has 7 nitrogen and oxygen atoms in total. The van der Waals surface area contributed by atoms with Gasteiger partial charge in [-0.05, 0) is 52.3 Å². The molecule has 0 aliphatic carbocycles. The van der Waals surface area contributed by atoms with E-state index in [-0.39, 0.29) is 0 Å². The maximum Gasteiger partial charge on any atom is 0.278 e. The lowest BCUT2D eigenvalue weighted by Crippen LogP contribution is -2.58. The van der Waals surface area contributed by atoms with Crippen molar-refractivity contribution in [1.29, 1.82) is 0 Å². The van der Waals surface area contributed by atoms with Crippen LogP contribution in [0.4, 0.5) is 5.69 Å². The maximum atomic E-state index is 13.1. The zero-order valence-electron chi connectivity index (χ0n) is 16.7. The lowest BCUT2D eigenvalue weighted by atomic mass is 10.00. The van der Waals surface area contributed by atoms with Crippen molar-refractivity contribution >= 4 is 17.5 Å². The quantitative estimate of drug-likeness (QED) is 0.840. The summed E-state index contributed by atoms with van der Waals surface area (Å²) in [7, 11) is 1.68. The summed E-state index contributed by atoms with van der Waals surface area (Å²) in [5, 5.41) is 7.29. The van der Waals surface area contributed by atoms with Gasteiger partial charge in [-0.25, -0.2) is 0 Å². The van der Waals surface area contributed by atoms with Gasteiger partial charge in [-0.2, -0.15) is 5.10 Å². The van der Waals surface area contributed by atoms with Gasteiger partial charge < -0.3 is 15.0 Å². The summed E-state index contributed by atoms with van der Waals surface area (Å²) in [6, 6.07) is 5.48. The molecule has 1 aliphatic rings. The third-order valence-electron chi connectivity index (χ3n) is 5.11. The minimum absolute atomic E-state index is 0.365. The van der Waals surface area contributed by atoms with Crippen molar-refractivity contribution in [2.24, 2.45) is 0 Å². The van der Waals surface area contributed by atoms with Gasteiger partial charge in [-0.1, -0.05) is 6.07 Å². The predicted octanol–water partition coefficient (Wildman–Crippen LogP) is 2.58. The number of rotatable bonds is 4. The number of hydrogen-bond donors (Lipinski definition) is 1. The molecule has 1 aromatic heterocycles. The average molecular weight is 370 g/mol. The third-order valence-corrected chi connectivity index (χ3v) is 5.11. The standard InChI is InChI=1S/C20H26N4O3/c1-7-24-14(4)15(13(3)22-24)11-23(6)19(26)20(5)18(25)21-16-10-12(2)8-9-17(16)27-20/h8-10H,7,11H2,1-6H3,(H,21,25). The number of nitrogens with zero attached hydrogens (tertiary/aromatic N) is 3. The molecule has 0 spiro atoms. The molecule has 1 aliphatic heterocycles. The van der Waals surface area contributed by atoms with Crippen LogP contribution in [0.2, 0.25) is 0 Å². The molecule has 1 atom stereocenters. The van der Waals surface area contributed by atoms with E-state index >= 15 is 0 Å². The first-order chi connectivity index (χ1) is 12.7. The number of ether oxygens (including phenoxy) is 1. The highest BCUT2D eigenvalue weighted by atomic mass is 16.5. The molecular weight excluding hydrogens is 344 g/mol. The van der Waals surface area contributed by atoms with Gasteiger partial charge in [0.2, 0.25) is 0 Å². The van der Waals surface area contributed by atoms with Crippen LogP contribution >= 0.6 is 0 Å². The van der Waals surface area contributed by atoms with E-state index in [4.69, 9.17) is 4.74 Å². The topological polar surface area (TPSA) is 76.5 Å². The summed E-state index contributed by atoms with van der Waals surface area (Å²) in [5.41, 5.74) is 2.87. The zero-order valence-corrected chi connectivity index (χ0v) is 16.7. The molecule has 2 amide bonds. The van der Waals surface area contributed by atoms with Crippen molar-refractivity contribution in [2.45, 2.75) is 53.3 Å². The van der Waals surface area contributed by atoms with Crippen LogP contribution in [-0.2, 0) is 22.7 Å². The summed E-state index contributed by atoms with van der Waals surface area (Å²) in [6.45, 7) is 10.5. The number of hydrogen-bond acceptors (Lipinski definition) is 4. The third kappa shape index (κ3) is 3.18. The summed E-state index contributed by atoms with van der Waals surface area (Å²) < 4.78 is 7.78. The van der Waals surface area contributed by atoms with E-state index in [0.717, 1.165) is 29.1 Å². The van der Waals surface area contributed by atoms with E-state index in [1.165, 1.54) is 11.8 Å². The summed E-state index contributed by atoms with van der Waals surface area (Å²) in [5.74, 6) is -0.361. The maximum absolute atomic E-state index is 13.1. The van der Waals surface area contributed by atoms with Gasteiger partial charge in [-0.3, -0.25) is 14.3 Å². The van der Waals surface area contributed by atoms with E-state index in [1.807, 2.05) is 44.5 Å². The van der Waals surface area contributed by atoms with Crippen LogP contribution in [0.15, 0.2) is 18.2 Å². The Kier molecular flexibility index (Phi) is 4.71. The van der Waals surface area contributed by atoms with E-state index in [2.05, 4.69) is 10.4 Å². The number of aryl methyl sites for hydroxylation is 3. The normalized spacial score (nSPS) is 18.5. The largest absolute Gasteiger partial charge is 0.466 e. The van der Waals surface area contributed by atoms with Crippen molar-refractivity contribution in [2.75, 3.05) is 12.4 Å². The highest BCUT2D eigenvalue weighted by Gasteiger charge is 2.48. The number of amides is 2. The van der Waals surface area contributed by atoms with Crippen LogP contribution in [-0.4, -0.2) is 39.1 Å². The SMILES string of the molecule is CCn1nc(C)c(CN(C)C(=O)C2(C)Oc3ccc(C)cc3NC2=O)c1C. The van der Waals surface area contributed by atoms with Crippen molar-refractivity contribution in [3.05, 3.63) is 40.7 Å². The molecule has 0 radical (unpaired) electrons.